The van der Waals surface area contributed by atoms with Crippen LogP contribution < -0.4 is 0 Å². The van der Waals surface area contributed by atoms with Crippen molar-refractivity contribution in [1.29, 1.82) is 0 Å². The molecule has 0 saturated carbocycles. The molecule has 0 aromatic rings. The molecule has 1 aliphatic carbocycles. The largest absolute Gasteiger partial charge is 0.458 e. The van der Waals surface area contributed by atoms with E-state index >= 15 is 0 Å². The molecule has 3 nitrogen and oxygen atoms in total. The smallest absolute Gasteiger partial charge is 0.303 e. The van der Waals surface area contributed by atoms with Crippen LogP contribution in [0.3, 0.4) is 0 Å². The van der Waals surface area contributed by atoms with Gasteiger partial charge in [-0.2, -0.15) is 0 Å². The van der Waals surface area contributed by atoms with Crippen LogP contribution in [-0.4, -0.2) is 18.4 Å². The maximum absolute atomic E-state index is 11.3. The van der Waals surface area contributed by atoms with Crippen molar-refractivity contribution in [2.45, 2.75) is 77.7 Å². The monoisotopic (exact) mass is 346 g/mol. The summed E-state index contributed by atoms with van der Waals surface area (Å²) in [5, 5.41) is 0. The van der Waals surface area contributed by atoms with Gasteiger partial charge in [0.15, 0.2) is 0 Å². The first-order chi connectivity index (χ1) is 12.2. The Morgan fingerprint density at radius 3 is 2.44 bits per heavy atom. The zero-order valence-corrected chi connectivity index (χ0v) is 15.9. The topological polar surface area (TPSA) is 43.4 Å². The van der Waals surface area contributed by atoms with E-state index in [1.54, 1.807) is 0 Å². The summed E-state index contributed by atoms with van der Waals surface area (Å²) in [7, 11) is 0. The third-order valence-electron chi connectivity index (χ3n) is 4.66. The first kappa shape index (κ1) is 21.4. The van der Waals surface area contributed by atoms with E-state index in [2.05, 4.69) is 25.2 Å². The van der Waals surface area contributed by atoms with Crippen LogP contribution in [0.1, 0.15) is 71.6 Å². The lowest BCUT2D eigenvalue weighted by molar-refractivity contribution is -0.144. The molecule has 0 aliphatic heterocycles. The predicted octanol–water partition coefficient (Wildman–Crippen LogP) is 5.56. The van der Waals surface area contributed by atoms with Gasteiger partial charge in [0.1, 0.15) is 12.4 Å². The van der Waals surface area contributed by atoms with Crippen molar-refractivity contribution in [1.82, 2.24) is 0 Å². The molecular formula is C22H34O3. The molecule has 0 N–H and O–H groups in total. The van der Waals surface area contributed by atoms with Crippen LogP contribution in [0.4, 0.5) is 0 Å². The van der Waals surface area contributed by atoms with Gasteiger partial charge < -0.3 is 9.53 Å². The Morgan fingerprint density at radius 1 is 1.08 bits per heavy atom. The van der Waals surface area contributed by atoms with Gasteiger partial charge >= 0.3 is 5.97 Å². The highest BCUT2D eigenvalue weighted by Gasteiger charge is 2.18. The maximum Gasteiger partial charge on any atom is 0.303 e. The highest BCUT2D eigenvalue weighted by Crippen LogP contribution is 2.25. The van der Waals surface area contributed by atoms with Gasteiger partial charge in [-0.1, -0.05) is 69.4 Å². The summed E-state index contributed by atoms with van der Waals surface area (Å²) in [6.45, 7) is 3.68. The van der Waals surface area contributed by atoms with Gasteiger partial charge in [0.2, 0.25) is 0 Å². The van der Waals surface area contributed by atoms with Crippen LogP contribution in [-0.2, 0) is 14.3 Å². The van der Waals surface area contributed by atoms with E-state index in [-0.39, 0.29) is 23.9 Å². The van der Waals surface area contributed by atoms with Gasteiger partial charge in [0, 0.05) is 12.8 Å². The van der Waals surface area contributed by atoms with Crippen molar-refractivity contribution in [2.24, 2.45) is 11.8 Å². The van der Waals surface area contributed by atoms with Crippen molar-refractivity contribution < 1.29 is 14.3 Å². The van der Waals surface area contributed by atoms with Gasteiger partial charge in [0.25, 0.3) is 0 Å². The second-order valence-electron chi connectivity index (χ2n) is 6.88. The minimum absolute atomic E-state index is 0.0852. The lowest BCUT2D eigenvalue weighted by atomic mass is 9.84. The molecule has 1 rings (SSSR count). The normalized spacial score (nSPS) is 21.7. The Labute approximate surface area is 153 Å². The molecule has 0 fully saturated rings. The lowest BCUT2D eigenvalue weighted by Gasteiger charge is -2.20. The molecule has 0 aromatic heterocycles. The van der Waals surface area contributed by atoms with Crippen molar-refractivity contribution >= 4 is 12.3 Å². The Kier molecular flexibility index (Phi) is 11.7. The van der Waals surface area contributed by atoms with Crippen LogP contribution >= 0.6 is 0 Å². The average Bonchev–Trinajstić information content (AvgIpc) is 2.61. The number of unbranched alkanes of at least 4 members (excludes halogenated alkanes) is 5. The fourth-order valence-electron chi connectivity index (χ4n) is 3.16. The van der Waals surface area contributed by atoms with Crippen LogP contribution in [0, 0.1) is 11.8 Å². The highest BCUT2D eigenvalue weighted by atomic mass is 16.5. The molecular weight excluding hydrogens is 312 g/mol. The van der Waals surface area contributed by atoms with E-state index < -0.39 is 0 Å². The molecule has 0 amide bonds. The molecule has 0 spiro atoms. The third kappa shape index (κ3) is 10.1. The summed E-state index contributed by atoms with van der Waals surface area (Å²) < 4.78 is 5.39. The summed E-state index contributed by atoms with van der Waals surface area (Å²) in [5.74, 6) is 0.128. The SMILES string of the molecule is CCCCCCCCC(C=CC=C[C@@H]1CC=CC[C@H]1C=O)OC(C)=O. The molecule has 0 bridgehead atoms. The minimum atomic E-state index is -0.233. The Morgan fingerprint density at radius 2 is 1.76 bits per heavy atom. The zero-order valence-electron chi connectivity index (χ0n) is 15.9. The van der Waals surface area contributed by atoms with Crippen molar-refractivity contribution in [3.8, 4) is 0 Å². The van der Waals surface area contributed by atoms with Gasteiger partial charge in [-0.05, 0) is 37.7 Å². The van der Waals surface area contributed by atoms with Crippen LogP contribution in [0.25, 0.3) is 0 Å². The van der Waals surface area contributed by atoms with Crippen molar-refractivity contribution in [3.05, 3.63) is 36.5 Å². The third-order valence-corrected chi connectivity index (χ3v) is 4.66. The second-order valence-corrected chi connectivity index (χ2v) is 6.88. The molecule has 1 unspecified atom stereocenters. The lowest BCUT2D eigenvalue weighted by Crippen LogP contribution is -2.15. The highest BCUT2D eigenvalue weighted by molar-refractivity contribution is 5.66. The van der Waals surface area contributed by atoms with E-state index in [1.165, 1.54) is 39.0 Å². The average molecular weight is 347 g/mol. The molecule has 25 heavy (non-hydrogen) atoms. The van der Waals surface area contributed by atoms with Gasteiger partial charge in [-0.3, -0.25) is 4.79 Å². The molecule has 140 valence electrons. The standard InChI is InChI=1S/C22H34O3/c1-3-4-5-6-7-8-16-22(25-19(2)24)17-12-11-14-20-13-9-10-15-21(20)18-23/h9-12,14,17-18,20-22H,3-8,13,15-16H2,1-2H3/t20-,21-,22?/m0/s1. The molecule has 3 heteroatoms. The maximum atomic E-state index is 11.3. The number of hydrogen-bond donors (Lipinski definition) is 0. The minimum Gasteiger partial charge on any atom is -0.458 e. The zero-order chi connectivity index (χ0) is 18.3. The van der Waals surface area contributed by atoms with E-state index in [0.717, 1.165) is 32.0 Å². The van der Waals surface area contributed by atoms with E-state index in [4.69, 9.17) is 4.74 Å². The number of rotatable bonds is 12. The Balaban J connectivity index is 2.40. The van der Waals surface area contributed by atoms with E-state index in [1.807, 2.05) is 18.2 Å². The predicted molar refractivity (Wildman–Crippen MR) is 103 cm³/mol. The summed E-state index contributed by atoms with van der Waals surface area (Å²) in [6.07, 6.45) is 23.1. The Bertz CT molecular complexity index is 462. The fraction of sp³-hybridized carbons (Fsp3) is 0.636. The first-order valence-electron chi connectivity index (χ1n) is 9.79. The van der Waals surface area contributed by atoms with Crippen molar-refractivity contribution in [3.63, 3.8) is 0 Å². The number of carbonyl (C=O) groups excluding carboxylic acids is 2. The van der Waals surface area contributed by atoms with Gasteiger partial charge in [0.05, 0.1) is 0 Å². The van der Waals surface area contributed by atoms with Crippen LogP contribution in [0.2, 0.25) is 0 Å². The number of allylic oxidation sites excluding steroid dienone is 5. The quantitative estimate of drug-likeness (QED) is 0.153. The number of aldehydes is 1. The Hall–Kier alpha value is -1.64. The summed E-state index contributed by atoms with van der Waals surface area (Å²) >= 11 is 0. The summed E-state index contributed by atoms with van der Waals surface area (Å²) in [5.41, 5.74) is 0. The van der Waals surface area contributed by atoms with Crippen LogP contribution in [0.5, 0.6) is 0 Å². The van der Waals surface area contributed by atoms with E-state index in [0.29, 0.717) is 0 Å². The van der Waals surface area contributed by atoms with Gasteiger partial charge in [-0.15, -0.1) is 0 Å². The first-order valence-corrected chi connectivity index (χ1v) is 9.79. The molecule has 0 saturated heterocycles. The number of carbonyl (C=O) groups is 2. The number of esters is 1. The second kappa shape index (κ2) is 13.6. The summed E-state index contributed by atoms with van der Waals surface area (Å²) in [4.78, 5) is 22.4. The summed E-state index contributed by atoms with van der Waals surface area (Å²) in [6, 6.07) is 0. The van der Waals surface area contributed by atoms with E-state index in [9.17, 15) is 9.59 Å². The fourth-order valence-corrected chi connectivity index (χ4v) is 3.16. The molecule has 0 radical (unpaired) electrons. The van der Waals surface area contributed by atoms with Crippen molar-refractivity contribution in [2.75, 3.05) is 0 Å². The molecule has 1 aliphatic rings. The van der Waals surface area contributed by atoms with Crippen LogP contribution in [0.15, 0.2) is 36.5 Å². The molecule has 0 heterocycles. The van der Waals surface area contributed by atoms with Gasteiger partial charge in [-0.25, -0.2) is 0 Å². The molecule has 3 atom stereocenters. The molecule has 0 aromatic carbocycles. The number of ether oxygens (including phenoxy) is 1. The number of hydrogen-bond acceptors (Lipinski definition) is 3.